The van der Waals surface area contributed by atoms with Crippen molar-refractivity contribution >= 4 is 11.7 Å². The van der Waals surface area contributed by atoms with Crippen LogP contribution in [0.5, 0.6) is 5.75 Å². The summed E-state index contributed by atoms with van der Waals surface area (Å²) in [6.07, 6.45) is 2.85. The number of pyridine rings is 1. The summed E-state index contributed by atoms with van der Waals surface area (Å²) >= 11 is 0. The van der Waals surface area contributed by atoms with Crippen LogP contribution in [0.25, 0.3) is 0 Å². The number of hydrogen-bond acceptors (Lipinski definition) is 5. The smallest absolute Gasteiger partial charge is 0.270 e. The normalized spacial score (nSPS) is 11.7. The van der Waals surface area contributed by atoms with Gasteiger partial charge in [0.2, 0.25) is 5.82 Å². The predicted octanol–water partition coefficient (Wildman–Crippen LogP) is 2.37. The topological polar surface area (TPSA) is 94.3 Å². The van der Waals surface area contributed by atoms with Crippen LogP contribution in [-0.4, -0.2) is 35.9 Å². The van der Waals surface area contributed by atoms with Crippen LogP contribution in [0.4, 0.5) is 13.2 Å². The highest BCUT2D eigenvalue weighted by Gasteiger charge is 2.24. The van der Waals surface area contributed by atoms with Crippen LogP contribution in [0.2, 0.25) is 0 Å². The molecule has 1 aromatic carbocycles. The second-order valence-corrected chi connectivity index (χ2v) is 5.95. The molecule has 0 aliphatic heterocycles. The van der Waals surface area contributed by atoms with Gasteiger partial charge in [0.1, 0.15) is 12.3 Å². The van der Waals surface area contributed by atoms with E-state index in [0.29, 0.717) is 31.5 Å². The minimum absolute atomic E-state index is 0.113. The quantitative estimate of drug-likeness (QED) is 0.476. The van der Waals surface area contributed by atoms with E-state index in [1.54, 1.807) is 12.1 Å². The number of aromatic nitrogens is 1. The number of nitrogens with zero attached hydrogens (tertiary/aromatic N) is 1. The number of carbonyl (C=O) groups is 2. The summed E-state index contributed by atoms with van der Waals surface area (Å²) in [5.41, 5.74) is 5.55. The van der Waals surface area contributed by atoms with Crippen molar-refractivity contribution in [1.29, 1.82) is 0 Å². The van der Waals surface area contributed by atoms with Crippen molar-refractivity contribution in [3.05, 3.63) is 59.7 Å². The molecule has 150 valence electrons. The molecule has 3 N–H and O–H groups in total. The van der Waals surface area contributed by atoms with E-state index in [0.717, 1.165) is 0 Å². The van der Waals surface area contributed by atoms with Crippen LogP contribution in [0.1, 0.15) is 29.8 Å². The first-order valence-electron chi connectivity index (χ1n) is 8.65. The summed E-state index contributed by atoms with van der Waals surface area (Å²) in [5, 5.41) is 2.54. The van der Waals surface area contributed by atoms with Gasteiger partial charge in [0.15, 0.2) is 23.2 Å². The lowest BCUT2D eigenvalue weighted by Crippen LogP contribution is -2.43. The average molecular weight is 395 g/mol. The van der Waals surface area contributed by atoms with Crippen LogP contribution < -0.4 is 15.8 Å². The lowest BCUT2D eigenvalue weighted by atomic mass is 10.1. The maximum Gasteiger partial charge on any atom is 0.270 e. The summed E-state index contributed by atoms with van der Waals surface area (Å²) in [4.78, 5) is 28.6. The highest BCUT2D eigenvalue weighted by atomic mass is 19.2. The van der Waals surface area contributed by atoms with E-state index in [9.17, 15) is 22.8 Å². The van der Waals surface area contributed by atoms with E-state index >= 15 is 0 Å². The van der Waals surface area contributed by atoms with Crippen LogP contribution in [0, 0.1) is 17.5 Å². The molecule has 0 saturated heterocycles. The molecule has 1 atom stereocenters. The van der Waals surface area contributed by atoms with Crippen molar-refractivity contribution in [2.75, 3.05) is 13.2 Å². The zero-order valence-corrected chi connectivity index (χ0v) is 15.0. The fourth-order valence-corrected chi connectivity index (χ4v) is 2.42. The van der Waals surface area contributed by atoms with Gasteiger partial charge < -0.3 is 15.8 Å². The Kier molecular flexibility index (Phi) is 7.94. The Morgan fingerprint density at radius 2 is 1.86 bits per heavy atom. The van der Waals surface area contributed by atoms with Gasteiger partial charge in [0, 0.05) is 6.20 Å². The van der Waals surface area contributed by atoms with Gasteiger partial charge in [-0.25, -0.2) is 8.78 Å². The van der Waals surface area contributed by atoms with Crippen molar-refractivity contribution in [2.24, 2.45) is 5.73 Å². The minimum atomic E-state index is -1.52. The summed E-state index contributed by atoms with van der Waals surface area (Å²) in [6.45, 7) is -0.335. The predicted molar refractivity (Wildman–Crippen MR) is 95.2 cm³/mol. The van der Waals surface area contributed by atoms with Gasteiger partial charge in [-0.1, -0.05) is 6.07 Å². The average Bonchev–Trinajstić information content (AvgIpc) is 2.70. The molecule has 0 bridgehead atoms. The number of hydrogen-bond donors (Lipinski definition) is 2. The highest BCUT2D eigenvalue weighted by Crippen LogP contribution is 2.23. The number of benzene rings is 1. The third-order valence-electron chi connectivity index (χ3n) is 3.90. The Morgan fingerprint density at radius 1 is 1.11 bits per heavy atom. The molecule has 0 aliphatic rings. The van der Waals surface area contributed by atoms with Gasteiger partial charge in [0.25, 0.3) is 5.91 Å². The molecule has 1 aromatic heterocycles. The second kappa shape index (κ2) is 10.4. The molecule has 0 aliphatic carbocycles. The second-order valence-electron chi connectivity index (χ2n) is 5.95. The number of carbonyl (C=O) groups excluding carboxylic acids is 2. The largest absolute Gasteiger partial charge is 0.480 e. The first-order valence-corrected chi connectivity index (χ1v) is 8.65. The highest BCUT2D eigenvalue weighted by molar-refractivity contribution is 5.96. The monoisotopic (exact) mass is 395 g/mol. The van der Waals surface area contributed by atoms with Gasteiger partial charge in [0.05, 0.1) is 6.04 Å². The number of halogens is 3. The molecule has 28 heavy (non-hydrogen) atoms. The Morgan fingerprint density at radius 3 is 2.54 bits per heavy atom. The Balaban J connectivity index is 2.06. The van der Waals surface area contributed by atoms with Crippen LogP contribution in [0.15, 0.2) is 36.5 Å². The van der Waals surface area contributed by atoms with Crippen molar-refractivity contribution in [1.82, 2.24) is 10.3 Å². The lowest BCUT2D eigenvalue weighted by Gasteiger charge is -2.18. The minimum Gasteiger partial charge on any atom is -0.480 e. The SMILES string of the molecule is NCCCCC(NC(=O)c1ccccn1)C(=O)COc1c(F)ccc(F)c1F. The zero-order chi connectivity index (χ0) is 20.5. The van der Waals surface area contributed by atoms with Crippen molar-refractivity contribution < 1.29 is 27.5 Å². The number of ether oxygens (including phenoxy) is 1. The molecule has 2 rings (SSSR count). The first kappa shape index (κ1) is 21.4. The summed E-state index contributed by atoms with van der Waals surface area (Å²) in [7, 11) is 0. The van der Waals surface area contributed by atoms with Crippen molar-refractivity contribution in [3.63, 3.8) is 0 Å². The van der Waals surface area contributed by atoms with Crippen LogP contribution in [-0.2, 0) is 4.79 Å². The molecule has 2 aromatic rings. The third kappa shape index (κ3) is 5.78. The van der Waals surface area contributed by atoms with E-state index < -0.39 is 47.5 Å². The Labute approximate surface area is 159 Å². The van der Waals surface area contributed by atoms with Crippen molar-refractivity contribution in [2.45, 2.75) is 25.3 Å². The number of ketones is 1. The molecular weight excluding hydrogens is 375 g/mol. The lowest BCUT2D eigenvalue weighted by molar-refractivity contribution is -0.123. The number of unbranched alkanes of at least 4 members (excludes halogenated alkanes) is 1. The van der Waals surface area contributed by atoms with E-state index in [1.807, 2.05) is 0 Å². The van der Waals surface area contributed by atoms with Gasteiger partial charge in [-0.15, -0.1) is 0 Å². The molecule has 1 unspecified atom stereocenters. The number of rotatable bonds is 10. The fourth-order valence-electron chi connectivity index (χ4n) is 2.42. The van der Waals surface area contributed by atoms with Crippen LogP contribution in [0.3, 0.4) is 0 Å². The van der Waals surface area contributed by atoms with Gasteiger partial charge in [-0.05, 0) is 50.1 Å². The Bertz CT molecular complexity index is 819. The van der Waals surface area contributed by atoms with Crippen molar-refractivity contribution in [3.8, 4) is 5.75 Å². The first-order chi connectivity index (χ1) is 13.4. The van der Waals surface area contributed by atoms with Gasteiger partial charge in [-0.2, -0.15) is 4.39 Å². The Hall–Kier alpha value is -2.94. The van der Waals surface area contributed by atoms with Gasteiger partial charge in [-0.3, -0.25) is 14.6 Å². The van der Waals surface area contributed by atoms with Gasteiger partial charge >= 0.3 is 0 Å². The molecule has 0 fully saturated rings. The van der Waals surface area contributed by atoms with E-state index in [-0.39, 0.29) is 12.1 Å². The van der Waals surface area contributed by atoms with E-state index in [2.05, 4.69) is 10.3 Å². The van der Waals surface area contributed by atoms with E-state index in [1.165, 1.54) is 12.3 Å². The maximum absolute atomic E-state index is 13.7. The number of amides is 1. The molecule has 6 nitrogen and oxygen atoms in total. The van der Waals surface area contributed by atoms with Crippen LogP contribution >= 0.6 is 0 Å². The fraction of sp³-hybridized carbons (Fsp3) is 0.316. The molecular formula is C19H20F3N3O3. The molecule has 1 heterocycles. The molecule has 9 heteroatoms. The maximum atomic E-state index is 13.7. The summed E-state index contributed by atoms with van der Waals surface area (Å²) in [6, 6.07) is 5.07. The zero-order valence-electron chi connectivity index (χ0n) is 15.0. The standard InChI is InChI=1S/C19H20F3N3O3/c20-12-7-8-13(21)18(17(12)22)28-11-16(26)14(5-1-3-9-23)25-19(27)15-6-2-4-10-24-15/h2,4,6-8,10,14H,1,3,5,9,11,23H2,(H,25,27). The molecule has 0 saturated carbocycles. The summed E-state index contributed by atoms with van der Waals surface area (Å²) < 4.78 is 45.4. The van der Waals surface area contributed by atoms with E-state index in [4.69, 9.17) is 10.5 Å². The summed E-state index contributed by atoms with van der Waals surface area (Å²) in [5.74, 6) is -6.13. The number of Topliss-reactive ketones (excluding diaryl/α,β-unsaturated/α-hetero) is 1. The number of nitrogens with two attached hydrogens (primary N) is 1. The number of nitrogens with one attached hydrogen (secondary N) is 1. The third-order valence-corrected chi connectivity index (χ3v) is 3.90. The molecule has 1 amide bonds. The molecule has 0 spiro atoms. The molecule has 0 radical (unpaired) electrons.